The molecule has 2 heterocycles. The highest BCUT2D eigenvalue weighted by Crippen LogP contribution is 2.30. The molecule has 0 unspecified atom stereocenters. The SMILES string of the molecule is CC(=O)N(c1ccc(C)cc1)c1nc(CN(C)Cc2nc3ccccc3s2)cs1. The van der Waals surface area contributed by atoms with Crippen molar-refractivity contribution in [3.8, 4) is 0 Å². The molecule has 148 valence electrons. The van der Waals surface area contributed by atoms with Crippen LogP contribution < -0.4 is 4.90 Å². The van der Waals surface area contributed by atoms with E-state index in [9.17, 15) is 4.79 Å². The highest BCUT2D eigenvalue weighted by atomic mass is 32.1. The molecular weight excluding hydrogens is 400 g/mol. The zero-order chi connectivity index (χ0) is 20.4. The maximum absolute atomic E-state index is 12.3. The van der Waals surface area contributed by atoms with Crippen molar-refractivity contribution in [2.75, 3.05) is 11.9 Å². The number of carbonyl (C=O) groups excluding carboxylic acids is 1. The molecule has 1 amide bonds. The topological polar surface area (TPSA) is 49.3 Å². The van der Waals surface area contributed by atoms with Crippen LogP contribution in [0.15, 0.2) is 53.9 Å². The summed E-state index contributed by atoms with van der Waals surface area (Å²) in [6.45, 7) is 5.07. The van der Waals surface area contributed by atoms with Crippen LogP contribution in [0.4, 0.5) is 10.8 Å². The average Bonchev–Trinajstić information content (AvgIpc) is 3.29. The molecule has 0 radical (unpaired) electrons. The van der Waals surface area contributed by atoms with E-state index in [4.69, 9.17) is 9.97 Å². The predicted molar refractivity (Wildman–Crippen MR) is 121 cm³/mol. The van der Waals surface area contributed by atoms with E-state index in [2.05, 4.69) is 18.0 Å². The lowest BCUT2D eigenvalue weighted by Gasteiger charge is -2.18. The van der Waals surface area contributed by atoms with Crippen molar-refractivity contribution in [1.82, 2.24) is 14.9 Å². The molecule has 7 heteroatoms. The Balaban J connectivity index is 1.47. The van der Waals surface area contributed by atoms with E-state index in [0.717, 1.165) is 34.0 Å². The van der Waals surface area contributed by atoms with E-state index >= 15 is 0 Å². The van der Waals surface area contributed by atoms with Gasteiger partial charge < -0.3 is 0 Å². The largest absolute Gasteiger partial charge is 0.294 e. The van der Waals surface area contributed by atoms with Gasteiger partial charge in [0.05, 0.1) is 28.1 Å². The number of hydrogen-bond acceptors (Lipinski definition) is 6. The Bertz CT molecular complexity index is 1100. The second kappa shape index (κ2) is 8.41. The van der Waals surface area contributed by atoms with E-state index in [-0.39, 0.29) is 5.91 Å². The normalized spacial score (nSPS) is 11.3. The summed E-state index contributed by atoms with van der Waals surface area (Å²) >= 11 is 3.22. The molecule has 0 aliphatic heterocycles. The molecule has 2 aromatic heterocycles. The van der Waals surface area contributed by atoms with E-state index < -0.39 is 0 Å². The summed E-state index contributed by atoms with van der Waals surface area (Å²) in [4.78, 5) is 25.5. The standard InChI is InChI=1S/C22H22N4OS2/c1-15-8-10-18(11-9-15)26(16(2)27)22-23-17(14-28-22)12-25(3)13-21-24-19-6-4-5-7-20(19)29-21/h4-11,14H,12-13H2,1-3H3. The first-order valence-electron chi connectivity index (χ1n) is 9.34. The monoisotopic (exact) mass is 422 g/mol. The lowest BCUT2D eigenvalue weighted by atomic mass is 10.2. The number of rotatable bonds is 6. The summed E-state index contributed by atoms with van der Waals surface area (Å²) in [6, 6.07) is 16.1. The van der Waals surface area contributed by atoms with Crippen LogP contribution in [0.2, 0.25) is 0 Å². The van der Waals surface area contributed by atoms with Crippen molar-refractivity contribution in [3.05, 3.63) is 70.2 Å². The van der Waals surface area contributed by atoms with Crippen molar-refractivity contribution in [2.24, 2.45) is 0 Å². The minimum atomic E-state index is -0.0439. The maximum Gasteiger partial charge on any atom is 0.230 e. The molecule has 0 bridgehead atoms. The Morgan fingerprint density at radius 2 is 1.79 bits per heavy atom. The molecule has 0 atom stereocenters. The van der Waals surface area contributed by atoms with Gasteiger partial charge in [0.2, 0.25) is 5.91 Å². The lowest BCUT2D eigenvalue weighted by molar-refractivity contribution is -0.115. The molecule has 0 saturated carbocycles. The second-order valence-electron chi connectivity index (χ2n) is 7.06. The van der Waals surface area contributed by atoms with Gasteiger partial charge >= 0.3 is 0 Å². The Morgan fingerprint density at radius 1 is 1.03 bits per heavy atom. The molecule has 2 aromatic carbocycles. The first-order valence-corrected chi connectivity index (χ1v) is 11.0. The highest BCUT2D eigenvalue weighted by molar-refractivity contribution is 7.18. The summed E-state index contributed by atoms with van der Waals surface area (Å²) < 4.78 is 1.21. The van der Waals surface area contributed by atoms with Gasteiger partial charge in [-0.25, -0.2) is 9.97 Å². The van der Waals surface area contributed by atoms with Crippen LogP contribution in [0, 0.1) is 6.92 Å². The number of para-hydroxylation sites is 1. The fourth-order valence-corrected chi connectivity index (χ4v) is 5.07. The number of aromatic nitrogens is 2. The summed E-state index contributed by atoms with van der Waals surface area (Å²) in [7, 11) is 2.06. The van der Waals surface area contributed by atoms with Gasteiger partial charge in [-0.2, -0.15) is 0 Å². The molecular formula is C22H22N4OS2. The second-order valence-corrected chi connectivity index (χ2v) is 9.01. The van der Waals surface area contributed by atoms with Crippen LogP contribution in [0.1, 0.15) is 23.2 Å². The van der Waals surface area contributed by atoms with Crippen LogP contribution >= 0.6 is 22.7 Å². The predicted octanol–water partition coefficient (Wildman–Crippen LogP) is 5.38. The van der Waals surface area contributed by atoms with Gasteiger partial charge in [0.25, 0.3) is 0 Å². The van der Waals surface area contributed by atoms with Crippen LogP contribution in [0.3, 0.4) is 0 Å². The third-order valence-corrected chi connectivity index (χ3v) is 6.41. The number of carbonyl (C=O) groups is 1. The molecule has 4 aromatic rings. The molecule has 0 saturated heterocycles. The van der Waals surface area contributed by atoms with Crippen molar-refractivity contribution in [3.63, 3.8) is 0 Å². The van der Waals surface area contributed by atoms with Crippen molar-refractivity contribution in [1.29, 1.82) is 0 Å². The molecule has 4 rings (SSSR count). The minimum Gasteiger partial charge on any atom is -0.294 e. The van der Waals surface area contributed by atoms with E-state index in [1.54, 1.807) is 23.2 Å². The maximum atomic E-state index is 12.3. The van der Waals surface area contributed by atoms with E-state index in [1.165, 1.54) is 16.0 Å². The molecule has 0 aliphatic carbocycles. The number of amides is 1. The smallest absolute Gasteiger partial charge is 0.230 e. The zero-order valence-electron chi connectivity index (χ0n) is 16.6. The average molecular weight is 423 g/mol. The summed E-state index contributed by atoms with van der Waals surface area (Å²) in [5.74, 6) is -0.0439. The molecule has 5 nitrogen and oxygen atoms in total. The first kappa shape index (κ1) is 19.7. The van der Waals surface area contributed by atoms with Gasteiger partial charge in [-0.15, -0.1) is 22.7 Å². The Morgan fingerprint density at radius 3 is 2.52 bits per heavy atom. The first-order chi connectivity index (χ1) is 14.0. The van der Waals surface area contributed by atoms with Gasteiger partial charge in [0.15, 0.2) is 5.13 Å². The Labute approximate surface area is 178 Å². The zero-order valence-corrected chi connectivity index (χ0v) is 18.3. The van der Waals surface area contributed by atoms with Gasteiger partial charge in [-0.05, 0) is 38.2 Å². The van der Waals surface area contributed by atoms with Gasteiger partial charge in [0, 0.05) is 18.8 Å². The van der Waals surface area contributed by atoms with Gasteiger partial charge in [0.1, 0.15) is 5.01 Å². The summed E-state index contributed by atoms with van der Waals surface area (Å²) in [6.07, 6.45) is 0. The third kappa shape index (κ3) is 4.53. The van der Waals surface area contributed by atoms with Crippen LogP contribution in [-0.4, -0.2) is 27.8 Å². The molecule has 29 heavy (non-hydrogen) atoms. The number of aryl methyl sites for hydroxylation is 1. The number of fused-ring (bicyclic) bond motifs is 1. The van der Waals surface area contributed by atoms with Crippen molar-refractivity contribution in [2.45, 2.75) is 26.9 Å². The van der Waals surface area contributed by atoms with E-state index in [0.29, 0.717) is 11.7 Å². The van der Waals surface area contributed by atoms with E-state index in [1.807, 2.05) is 54.8 Å². The Hall–Kier alpha value is -2.61. The number of hydrogen-bond donors (Lipinski definition) is 0. The molecule has 0 fully saturated rings. The molecule has 0 N–H and O–H groups in total. The van der Waals surface area contributed by atoms with Crippen LogP contribution in [0.5, 0.6) is 0 Å². The number of benzene rings is 2. The van der Waals surface area contributed by atoms with Crippen molar-refractivity contribution >= 4 is 49.6 Å². The number of thiazole rings is 2. The molecule has 0 aliphatic rings. The highest BCUT2D eigenvalue weighted by Gasteiger charge is 2.18. The fourth-order valence-electron chi connectivity index (χ4n) is 3.14. The summed E-state index contributed by atoms with van der Waals surface area (Å²) in [5.41, 5.74) is 4.00. The lowest BCUT2D eigenvalue weighted by Crippen LogP contribution is -2.23. The van der Waals surface area contributed by atoms with Crippen molar-refractivity contribution < 1.29 is 4.79 Å². The fraction of sp³-hybridized carbons (Fsp3) is 0.227. The number of anilines is 2. The number of nitrogens with zero attached hydrogens (tertiary/aromatic N) is 4. The quantitative estimate of drug-likeness (QED) is 0.419. The van der Waals surface area contributed by atoms with Gasteiger partial charge in [-0.1, -0.05) is 29.8 Å². The van der Waals surface area contributed by atoms with Gasteiger partial charge in [-0.3, -0.25) is 14.6 Å². The minimum absolute atomic E-state index is 0.0439. The summed E-state index contributed by atoms with van der Waals surface area (Å²) in [5, 5.41) is 3.81. The third-order valence-electron chi connectivity index (χ3n) is 4.51. The molecule has 0 spiro atoms. The Kier molecular flexibility index (Phi) is 5.71. The van der Waals surface area contributed by atoms with Crippen LogP contribution in [0.25, 0.3) is 10.2 Å². The van der Waals surface area contributed by atoms with Crippen LogP contribution in [-0.2, 0) is 17.9 Å².